The third-order valence-electron chi connectivity index (χ3n) is 8.36. The maximum absolute atomic E-state index is 13.0. The smallest absolute Gasteiger partial charge is 0.305 e. The number of methoxy groups -OCH3 is 1. The average Bonchev–Trinajstić information content (AvgIpc) is 3.30. The van der Waals surface area contributed by atoms with E-state index < -0.39 is 12.2 Å². The standard InChI is InChI=1S/C33H47ClO9/c1-38-31(37)12-3-2-10-24(35)20-28-27(30(21-29(28)36)43-33-14-5-7-18-40-33)16-15-26(42-32-13-4-6-17-39-32)22-41-25-11-8-9-23(34)19-25/h8-9,11,15-16,19,26-30,32-33,36H,2-7,10,12-14,17-18,20-22H2,1H3/b16-15+/t26-,27+,28+,29-,30+,32?,33?/m0/s1. The van der Waals surface area contributed by atoms with Crippen LogP contribution in [0.25, 0.3) is 0 Å². The fourth-order valence-electron chi connectivity index (χ4n) is 6.00. The molecule has 1 aliphatic carbocycles. The van der Waals surface area contributed by atoms with Crippen molar-refractivity contribution >= 4 is 23.4 Å². The van der Waals surface area contributed by atoms with Gasteiger partial charge in [-0.05, 0) is 69.6 Å². The van der Waals surface area contributed by atoms with Gasteiger partial charge in [-0.2, -0.15) is 0 Å². The quantitative estimate of drug-likeness (QED) is 0.139. The second-order valence-electron chi connectivity index (χ2n) is 11.7. The third-order valence-corrected chi connectivity index (χ3v) is 8.59. The molecule has 240 valence electrons. The van der Waals surface area contributed by atoms with Crippen molar-refractivity contribution in [1.82, 2.24) is 0 Å². The first kappa shape index (κ1) is 33.9. The van der Waals surface area contributed by atoms with E-state index in [-0.39, 0.29) is 55.3 Å². The summed E-state index contributed by atoms with van der Waals surface area (Å²) in [6, 6.07) is 7.23. The largest absolute Gasteiger partial charge is 0.490 e. The molecule has 9 nitrogen and oxygen atoms in total. The van der Waals surface area contributed by atoms with Gasteiger partial charge in [0.1, 0.15) is 24.2 Å². The van der Waals surface area contributed by atoms with Gasteiger partial charge in [0.25, 0.3) is 0 Å². The molecule has 4 rings (SSSR count). The number of carbonyl (C=O) groups is 2. The van der Waals surface area contributed by atoms with Crippen LogP contribution in [-0.4, -0.2) is 74.7 Å². The van der Waals surface area contributed by atoms with Crippen molar-refractivity contribution in [2.45, 2.75) is 108 Å². The Morgan fingerprint density at radius 3 is 2.51 bits per heavy atom. The molecule has 2 aliphatic heterocycles. The number of hydrogen-bond acceptors (Lipinski definition) is 9. The SMILES string of the molecule is COC(=O)CCCCC(=O)C[C@@H]1[C@@H](/C=C/[C@@H](COc2cccc(Cl)c2)OC2CCCCO2)[C@H](OC2CCCCO2)C[C@@H]1O. The summed E-state index contributed by atoms with van der Waals surface area (Å²) in [5.74, 6) is -0.0951. The van der Waals surface area contributed by atoms with Crippen LogP contribution in [0.1, 0.15) is 77.0 Å². The van der Waals surface area contributed by atoms with E-state index in [0.717, 1.165) is 38.5 Å². The molecule has 2 heterocycles. The minimum Gasteiger partial charge on any atom is -0.490 e. The average molecular weight is 623 g/mol. The lowest BCUT2D eigenvalue weighted by molar-refractivity contribution is -0.193. The first-order valence-corrected chi connectivity index (χ1v) is 16.2. The summed E-state index contributed by atoms with van der Waals surface area (Å²) in [6.45, 7) is 1.56. The Balaban J connectivity index is 1.45. The summed E-state index contributed by atoms with van der Waals surface area (Å²) in [6.07, 6.45) is 10.1. The monoisotopic (exact) mass is 622 g/mol. The third kappa shape index (κ3) is 11.5. The fraction of sp³-hybridized carbons (Fsp3) is 0.697. The van der Waals surface area contributed by atoms with Crippen LogP contribution in [0.3, 0.4) is 0 Å². The zero-order valence-corrected chi connectivity index (χ0v) is 26.0. The summed E-state index contributed by atoms with van der Waals surface area (Å²) < 4.78 is 35.2. The van der Waals surface area contributed by atoms with Crippen LogP contribution in [0, 0.1) is 11.8 Å². The molecule has 0 aromatic heterocycles. The molecule has 1 saturated carbocycles. The van der Waals surface area contributed by atoms with Gasteiger partial charge in [-0.25, -0.2) is 0 Å². The van der Waals surface area contributed by atoms with Gasteiger partial charge in [0.15, 0.2) is 12.6 Å². The molecule has 1 aromatic carbocycles. The summed E-state index contributed by atoms with van der Waals surface area (Å²) in [7, 11) is 1.36. The molecule has 0 radical (unpaired) electrons. The van der Waals surface area contributed by atoms with E-state index in [2.05, 4.69) is 4.74 Å². The molecule has 1 N–H and O–H groups in total. The van der Waals surface area contributed by atoms with Crippen molar-refractivity contribution in [2.24, 2.45) is 11.8 Å². The molecular weight excluding hydrogens is 576 g/mol. The molecular formula is C33H47ClO9. The predicted molar refractivity (Wildman–Crippen MR) is 161 cm³/mol. The fourth-order valence-corrected chi connectivity index (χ4v) is 6.18. The molecule has 0 amide bonds. The summed E-state index contributed by atoms with van der Waals surface area (Å²) in [5, 5.41) is 11.7. The highest BCUT2D eigenvalue weighted by Crippen LogP contribution is 2.40. The van der Waals surface area contributed by atoms with E-state index in [9.17, 15) is 14.7 Å². The van der Waals surface area contributed by atoms with E-state index >= 15 is 0 Å². The van der Waals surface area contributed by atoms with E-state index in [1.165, 1.54) is 7.11 Å². The number of unbranched alkanes of at least 4 members (excludes halogenated alkanes) is 1. The van der Waals surface area contributed by atoms with Gasteiger partial charge in [0.05, 0.1) is 19.3 Å². The summed E-state index contributed by atoms with van der Waals surface area (Å²) in [4.78, 5) is 24.4. The lowest BCUT2D eigenvalue weighted by Crippen LogP contribution is -2.32. The number of halogens is 1. The van der Waals surface area contributed by atoms with Crippen molar-refractivity contribution in [2.75, 3.05) is 26.9 Å². The molecule has 1 aromatic rings. The molecule has 0 spiro atoms. The highest BCUT2D eigenvalue weighted by molar-refractivity contribution is 6.30. The highest BCUT2D eigenvalue weighted by atomic mass is 35.5. The topological polar surface area (TPSA) is 110 Å². The van der Waals surface area contributed by atoms with Gasteiger partial charge in [-0.3, -0.25) is 9.59 Å². The van der Waals surface area contributed by atoms with Gasteiger partial charge in [-0.1, -0.05) is 29.8 Å². The number of carbonyl (C=O) groups excluding carboxylic acids is 2. The van der Waals surface area contributed by atoms with E-state index in [1.54, 1.807) is 12.1 Å². The second kappa shape index (κ2) is 18.1. The Kier molecular flexibility index (Phi) is 14.2. The summed E-state index contributed by atoms with van der Waals surface area (Å²) >= 11 is 6.15. The Morgan fingerprint density at radius 1 is 1.07 bits per heavy atom. The Labute approximate surface area is 260 Å². The van der Waals surface area contributed by atoms with Gasteiger partial charge in [0, 0.05) is 55.8 Å². The van der Waals surface area contributed by atoms with E-state index in [1.807, 2.05) is 24.3 Å². The van der Waals surface area contributed by atoms with Crippen LogP contribution in [-0.2, 0) is 33.3 Å². The molecule has 2 saturated heterocycles. The maximum Gasteiger partial charge on any atom is 0.305 e. The summed E-state index contributed by atoms with van der Waals surface area (Å²) in [5.41, 5.74) is 0. The first-order chi connectivity index (χ1) is 20.9. The highest BCUT2D eigenvalue weighted by Gasteiger charge is 2.44. The number of aliphatic hydroxyl groups excluding tert-OH is 1. The van der Waals surface area contributed by atoms with E-state index in [0.29, 0.717) is 56.1 Å². The molecule has 0 bridgehead atoms. The normalized spacial score (nSPS) is 28.5. The van der Waals surface area contributed by atoms with Crippen molar-refractivity contribution in [3.8, 4) is 5.75 Å². The van der Waals surface area contributed by atoms with Crippen molar-refractivity contribution in [3.63, 3.8) is 0 Å². The molecule has 7 atom stereocenters. The lowest BCUT2D eigenvalue weighted by Gasteiger charge is -2.30. The van der Waals surface area contributed by atoms with Crippen molar-refractivity contribution in [1.29, 1.82) is 0 Å². The number of benzene rings is 1. The Bertz CT molecular complexity index is 1020. The minimum absolute atomic E-state index is 0.0644. The van der Waals surface area contributed by atoms with E-state index in [4.69, 9.17) is 35.3 Å². The Morgan fingerprint density at radius 2 is 1.81 bits per heavy atom. The van der Waals surface area contributed by atoms with Crippen LogP contribution in [0.5, 0.6) is 5.75 Å². The minimum atomic E-state index is -0.689. The number of hydrogen-bond donors (Lipinski definition) is 1. The van der Waals surface area contributed by atoms with Crippen LogP contribution < -0.4 is 4.74 Å². The van der Waals surface area contributed by atoms with Crippen molar-refractivity contribution in [3.05, 3.63) is 41.4 Å². The zero-order valence-electron chi connectivity index (χ0n) is 25.2. The first-order valence-electron chi connectivity index (χ1n) is 15.8. The van der Waals surface area contributed by atoms with Gasteiger partial charge >= 0.3 is 5.97 Å². The zero-order chi connectivity index (χ0) is 30.4. The number of esters is 1. The predicted octanol–water partition coefficient (Wildman–Crippen LogP) is 5.79. The lowest BCUT2D eigenvalue weighted by atomic mass is 9.87. The van der Waals surface area contributed by atoms with Crippen LogP contribution in [0.15, 0.2) is 36.4 Å². The number of rotatable bonds is 16. The molecule has 3 fully saturated rings. The Hall–Kier alpha value is -2.01. The van der Waals surface area contributed by atoms with Gasteiger partial charge in [-0.15, -0.1) is 0 Å². The van der Waals surface area contributed by atoms with Crippen LogP contribution in [0.4, 0.5) is 0 Å². The number of Topliss-reactive ketones (excluding diaryl/α,β-unsaturated/α-hetero) is 1. The number of aliphatic hydroxyl groups is 1. The number of ketones is 1. The van der Waals surface area contributed by atoms with Gasteiger partial charge < -0.3 is 33.5 Å². The van der Waals surface area contributed by atoms with Crippen LogP contribution in [0.2, 0.25) is 5.02 Å². The number of ether oxygens (including phenoxy) is 6. The van der Waals surface area contributed by atoms with Crippen LogP contribution >= 0.6 is 11.6 Å². The van der Waals surface area contributed by atoms with Gasteiger partial charge in [0.2, 0.25) is 0 Å². The van der Waals surface area contributed by atoms with Crippen molar-refractivity contribution < 1.29 is 43.1 Å². The molecule has 43 heavy (non-hydrogen) atoms. The second-order valence-corrected chi connectivity index (χ2v) is 12.1. The molecule has 2 unspecified atom stereocenters. The molecule has 10 heteroatoms. The maximum atomic E-state index is 13.0. The molecule has 3 aliphatic rings.